The van der Waals surface area contributed by atoms with Crippen LogP contribution in [-0.4, -0.2) is 22.2 Å². The van der Waals surface area contributed by atoms with Crippen molar-refractivity contribution in [1.29, 1.82) is 0 Å². The summed E-state index contributed by atoms with van der Waals surface area (Å²) in [5, 5.41) is 9.21. The summed E-state index contributed by atoms with van der Waals surface area (Å²) in [4.78, 5) is 14.2. The standard InChI is InChI=1S/C15H18N2O3/c1-8(2)20-12-5-4-10(6-9(12)3)14-13(15(18)19)11(16)7-17-14/h4-8,17H,16H2,1-3H3,(H,18,19). The van der Waals surface area contributed by atoms with E-state index in [4.69, 9.17) is 10.5 Å². The van der Waals surface area contributed by atoms with Gasteiger partial charge in [0.1, 0.15) is 11.3 Å². The van der Waals surface area contributed by atoms with E-state index in [0.29, 0.717) is 5.69 Å². The molecule has 0 saturated carbocycles. The molecule has 106 valence electrons. The third-order valence-corrected chi connectivity index (χ3v) is 2.95. The summed E-state index contributed by atoms with van der Waals surface area (Å²) < 4.78 is 5.67. The van der Waals surface area contributed by atoms with E-state index in [-0.39, 0.29) is 17.4 Å². The fourth-order valence-corrected chi connectivity index (χ4v) is 2.09. The molecule has 2 aromatic rings. The van der Waals surface area contributed by atoms with Crippen LogP contribution in [0.2, 0.25) is 0 Å². The summed E-state index contributed by atoms with van der Waals surface area (Å²) >= 11 is 0. The molecule has 20 heavy (non-hydrogen) atoms. The maximum absolute atomic E-state index is 11.2. The van der Waals surface area contributed by atoms with E-state index in [0.717, 1.165) is 16.9 Å². The first-order valence-electron chi connectivity index (χ1n) is 6.38. The fraction of sp³-hybridized carbons (Fsp3) is 0.267. The maximum Gasteiger partial charge on any atom is 0.340 e. The molecule has 0 radical (unpaired) electrons. The van der Waals surface area contributed by atoms with E-state index in [9.17, 15) is 9.90 Å². The average molecular weight is 274 g/mol. The molecule has 0 amide bonds. The number of carbonyl (C=O) groups is 1. The van der Waals surface area contributed by atoms with Crippen molar-refractivity contribution >= 4 is 11.7 Å². The lowest BCUT2D eigenvalue weighted by atomic mass is 10.0. The molecule has 0 fully saturated rings. The van der Waals surface area contributed by atoms with Crippen LogP contribution in [-0.2, 0) is 0 Å². The van der Waals surface area contributed by atoms with Crippen molar-refractivity contribution in [3.8, 4) is 17.0 Å². The van der Waals surface area contributed by atoms with Gasteiger partial charge in [0.05, 0.1) is 17.5 Å². The summed E-state index contributed by atoms with van der Waals surface area (Å²) in [5.41, 5.74) is 8.23. The lowest BCUT2D eigenvalue weighted by molar-refractivity contribution is 0.0699. The van der Waals surface area contributed by atoms with Crippen molar-refractivity contribution in [3.05, 3.63) is 35.5 Å². The number of rotatable bonds is 4. The topological polar surface area (TPSA) is 88.3 Å². The van der Waals surface area contributed by atoms with Gasteiger partial charge in [0.25, 0.3) is 0 Å². The molecule has 0 atom stereocenters. The fourth-order valence-electron chi connectivity index (χ4n) is 2.09. The Morgan fingerprint density at radius 1 is 1.40 bits per heavy atom. The molecule has 1 heterocycles. The van der Waals surface area contributed by atoms with Gasteiger partial charge in [-0.15, -0.1) is 0 Å². The van der Waals surface area contributed by atoms with Crippen molar-refractivity contribution in [1.82, 2.24) is 4.98 Å². The largest absolute Gasteiger partial charge is 0.491 e. The van der Waals surface area contributed by atoms with Crippen LogP contribution in [0.4, 0.5) is 5.69 Å². The van der Waals surface area contributed by atoms with E-state index in [2.05, 4.69) is 4.98 Å². The smallest absolute Gasteiger partial charge is 0.340 e. The van der Waals surface area contributed by atoms with Crippen LogP contribution in [0, 0.1) is 6.92 Å². The number of aromatic carboxylic acids is 1. The van der Waals surface area contributed by atoms with Crippen LogP contribution in [0.3, 0.4) is 0 Å². The number of carboxylic acid groups (broad SMARTS) is 1. The number of aromatic amines is 1. The van der Waals surface area contributed by atoms with Gasteiger partial charge in [-0.1, -0.05) is 0 Å². The first-order valence-corrected chi connectivity index (χ1v) is 6.38. The van der Waals surface area contributed by atoms with Crippen LogP contribution in [0.5, 0.6) is 5.75 Å². The molecule has 1 aromatic carbocycles. The Morgan fingerprint density at radius 3 is 2.65 bits per heavy atom. The molecule has 0 aliphatic carbocycles. The summed E-state index contributed by atoms with van der Waals surface area (Å²) in [5.74, 6) is -0.251. The normalized spacial score (nSPS) is 10.8. The first-order chi connectivity index (χ1) is 9.40. The predicted molar refractivity (Wildman–Crippen MR) is 78.1 cm³/mol. The number of carboxylic acids is 1. The van der Waals surface area contributed by atoms with Crippen molar-refractivity contribution in [2.24, 2.45) is 0 Å². The highest BCUT2D eigenvalue weighted by Crippen LogP contribution is 2.30. The summed E-state index contributed by atoms with van der Waals surface area (Å²) in [7, 11) is 0. The zero-order valence-electron chi connectivity index (χ0n) is 11.7. The molecule has 5 heteroatoms. The van der Waals surface area contributed by atoms with E-state index in [1.807, 2.05) is 39.0 Å². The van der Waals surface area contributed by atoms with Crippen molar-refractivity contribution in [2.45, 2.75) is 26.9 Å². The van der Waals surface area contributed by atoms with Crippen molar-refractivity contribution in [3.63, 3.8) is 0 Å². The summed E-state index contributed by atoms with van der Waals surface area (Å²) in [6.07, 6.45) is 1.59. The van der Waals surface area contributed by atoms with E-state index >= 15 is 0 Å². The first kappa shape index (κ1) is 14.0. The van der Waals surface area contributed by atoms with Crippen LogP contribution in [0.1, 0.15) is 29.8 Å². The molecule has 0 aliphatic heterocycles. The van der Waals surface area contributed by atoms with Gasteiger partial charge in [-0.3, -0.25) is 0 Å². The number of H-pyrrole nitrogens is 1. The molecule has 0 aliphatic rings. The van der Waals surface area contributed by atoms with Gasteiger partial charge in [0.2, 0.25) is 0 Å². The van der Waals surface area contributed by atoms with Crippen molar-refractivity contribution < 1.29 is 14.6 Å². The van der Waals surface area contributed by atoms with Gasteiger partial charge in [0, 0.05) is 6.20 Å². The number of aromatic nitrogens is 1. The second-order valence-corrected chi connectivity index (χ2v) is 4.95. The number of benzene rings is 1. The molecular weight excluding hydrogens is 256 g/mol. The number of anilines is 1. The highest BCUT2D eigenvalue weighted by atomic mass is 16.5. The Kier molecular flexibility index (Phi) is 3.70. The van der Waals surface area contributed by atoms with E-state index in [1.54, 1.807) is 0 Å². The SMILES string of the molecule is Cc1cc(-c2[nH]cc(N)c2C(=O)O)ccc1OC(C)C. The van der Waals surface area contributed by atoms with Gasteiger partial charge < -0.3 is 20.6 Å². The molecule has 0 unspecified atom stereocenters. The average Bonchev–Trinajstić information content (AvgIpc) is 2.73. The lowest BCUT2D eigenvalue weighted by Gasteiger charge is -2.13. The minimum absolute atomic E-state index is 0.0928. The molecule has 0 bridgehead atoms. The van der Waals surface area contributed by atoms with Crippen LogP contribution >= 0.6 is 0 Å². The van der Waals surface area contributed by atoms with Gasteiger partial charge in [-0.25, -0.2) is 4.79 Å². The molecular formula is C15H18N2O3. The van der Waals surface area contributed by atoms with Crippen molar-refractivity contribution in [2.75, 3.05) is 5.73 Å². The van der Waals surface area contributed by atoms with Gasteiger partial charge in [-0.05, 0) is 50.1 Å². The Bertz CT molecular complexity index is 645. The van der Waals surface area contributed by atoms with Gasteiger partial charge >= 0.3 is 5.97 Å². The predicted octanol–water partition coefficient (Wildman–Crippen LogP) is 3.06. The molecule has 0 saturated heterocycles. The minimum Gasteiger partial charge on any atom is -0.491 e. The molecule has 1 aromatic heterocycles. The van der Waals surface area contributed by atoms with Gasteiger partial charge in [-0.2, -0.15) is 0 Å². The van der Waals surface area contributed by atoms with Gasteiger partial charge in [0.15, 0.2) is 0 Å². The molecule has 0 spiro atoms. The maximum atomic E-state index is 11.2. The number of nitrogens with one attached hydrogen (secondary N) is 1. The third-order valence-electron chi connectivity index (χ3n) is 2.95. The number of nitrogens with two attached hydrogens (primary N) is 1. The lowest BCUT2D eigenvalue weighted by Crippen LogP contribution is -2.06. The molecule has 2 rings (SSSR count). The van der Waals surface area contributed by atoms with E-state index in [1.165, 1.54) is 6.20 Å². The highest BCUT2D eigenvalue weighted by molar-refractivity contribution is 6.00. The molecule has 5 nitrogen and oxygen atoms in total. The van der Waals surface area contributed by atoms with Crippen LogP contribution in [0.15, 0.2) is 24.4 Å². The second kappa shape index (κ2) is 5.28. The second-order valence-electron chi connectivity index (χ2n) is 4.95. The zero-order chi connectivity index (χ0) is 14.9. The number of nitrogen functional groups attached to an aromatic ring is 1. The Balaban J connectivity index is 2.45. The Morgan fingerprint density at radius 2 is 2.10 bits per heavy atom. The number of hydrogen-bond acceptors (Lipinski definition) is 3. The monoisotopic (exact) mass is 274 g/mol. The van der Waals surface area contributed by atoms with Crippen LogP contribution < -0.4 is 10.5 Å². The Hall–Kier alpha value is -2.43. The highest BCUT2D eigenvalue weighted by Gasteiger charge is 2.18. The summed E-state index contributed by atoms with van der Waals surface area (Å²) in [6.45, 7) is 5.84. The number of hydrogen-bond donors (Lipinski definition) is 3. The summed E-state index contributed by atoms with van der Waals surface area (Å²) in [6, 6.07) is 5.55. The third kappa shape index (κ3) is 2.61. The number of ether oxygens (including phenoxy) is 1. The quantitative estimate of drug-likeness (QED) is 0.799. The van der Waals surface area contributed by atoms with Crippen LogP contribution in [0.25, 0.3) is 11.3 Å². The zero-order valence-corrected chi connectivity index (χ0v) is 11.7. The number of aryl methyl sites for hydroxylation is 1. The minimum atomic E-state index is -1.04. The Labute approximate surface area is 117 Å². The molecule has 4 N–H and O–H groups in total. The van der Waals surface area contributed by atoms with E-state index < -0.39 is 5.97 Å².